The fraction of sp³-hybridized carbons (Fsp3) is 0.704. The second-order valence-corrected chi connectivity index (χ2v) is 11.3. The van der Waals surface area contributed by atoms with Gasteiger partial charge in [-0.2, -0.15) is 0 Å². The lowest BCUT2D eigenvalue weighted by Gasteiger charge is -2.56. The second-order valence-electron chi connectivity index (χ2n) is 11.3. The van der Waals surface area contributed by atoms with E-state index in [-0.39, 0.29) is 29.8 Å². The van der Waals surface area contributed by atoms with Gasteiger partial charge in [0.15, 0.2) is 0 Å². The fourth-order valence-corrected chi connectivity index (χ4v) is 7.68. The van der Waals surface area contributed by atoms with Gasteiger partial charge in [-0.1, -0.05) is 18.2 Å². The van der Waals surface area contributed by atoms with E-state index in [1.165, 1.54) is 44.1 Å². The van der Waals surface area contributed by atoms with Gasteiger partial charge in [0.2, 0.25) is 11.8 Å². The summed E-state index contributed by atoms with van der Waals surface area (Å²) in [6, 6.07) is 8.33. The third-order valence-electron chi connectivity index (χ3n) is 8.69. The summed E-state index contributed by atoms with van der Waals surface area (Å²) in [6.07, 6.45) is 10.3. The summed E-state index contributed by atoms with van der Waals surface area (Å²) in [6.45, 7) is 2.86. The van der Waals surface area contributed by atoms with E-state index in [2.05, 4.69) is 21.6 Å². The van der Waals surface area contributed by atoms with E-state index < -0.39 is 0 Å². The zero-order valence-corrected chi connectivity index (χ0v) is 20.0. The maximum atomic E-state index is 12.7. The SMILES string of the molecule is COc1ccccc1CN1CCC(NC(=O)CNC(=O)CC23CC4CC(CC(C4)C2)C3)CC1. The first-order chi connectivity index (χ1) is 16.0. The van der Waals surface area contributed by atoms with Crippen molar-refractivity contribution in [2.24, 2.45) is 23.2 Å². The van der Waals surface area contributed by atoms with Gasteiger partial charge in [-0.05, 0) is 80.6 Å². The fourth-order valence-electron chi connectivity index (χ4n) is 7.68. The molecule has 1 saturated heterocycles. The van der Waals surface area contributed by atoms with Gasteiger partial charge in [0, 0.05) is 37.7 Å². The Kier molecular flexibility index (Phi) is 6.64. The normalized spacial score (nSPS) is 31.4. The number of piperidine rings is 1. The van der Waals surface area contributed by atoms with Crippen molar-refractivity contribution < 1.29 is 14.3 Å². The Morgan fingerprint density at radius 2 is 1.64 bits per heavy atom. The molecule has 1 aromatic carbocycles. The Labute approximate surface area is 197 Å². The summed E-state index contributed by atoms with van der Waals surface area (Å²) in [7, 11) is 1.71. The zero-order chi connectivity index (χ0) is 22.8. The van der Waals surface area contributed by atoms with Crippen LogP contribution in [-0.4, -0.2) is 49.5 Å². The summed E-state index contributed by atoms with van der Waals surface area (Å²) in [4.78, 5) is 27.6. The summed E-state index contributed by atoms with van der Waals surface area (Å²) >= 11 is 0. The average Bonchev–Trinajstić information content (AvgIpc) is 2.78. The molecular weight excluding hydrogens is 414 g/mol. The first-order valence-corrected chi connectivity index (χ1v) is 12.9. The highest BCUT2D eigenvalue weighted by atomic mass is 16.5. The smallest absolute Gasteiger partial charge is 0.239 e. The van der Waals surface area contributed by atoms with Crippen molar-refractivity contribution in [2.75, 3.05) is 26.7 Å². The van der Waals surface area contributed by atoms with Crippen LogP contribution in [0, 0.1) is 23.2 Å². The first-order valence-electron chi connectivity index (χ1n) is 12.9. The molecule has 5 aliphatic rings. The van der Waals surface area contributed by atoms with Crippen LogP contribution in [0.15, 0.2) is 24.3 Å². The number of likely N-dealkylation sites (tertiary alicyclic amines) is 1. The van der Waals surface area contributed by atoms with E-state index in [4.69, 9.17) is 4.74 Å². The van der Waals surface area contributed by atoms with Gasteiger partial charge >= 0.3 is 0 Å². The number of carbonyl (C=O) groups excluding carboxylic acids is 2. The van der Waals surface area contributed by atoms with Crippen molar-refractivity contribution in [1.82, 2.24) is 15.5 Å². The molecule has 0 aromatic heterocycles. The third-order valence-corrected chi connectivity index (χ3v) is 8.69. The predicted molar refractivity (Wildman–Crippen MR) is 128 cm³/mol. The second kappa shape index (κ2) is 9.65. The molecule has 0 unspecified atom stereocenters. The standard InChI is InChI=1S/C27H39N3O3/c1-33-24-5-3-2-4-22(24)18-30-8-6-23(7-9-30)29-26(32)17-28-25(31)16-27-13-19-10-20(14-27)12-21(11-19)15-27/h2-5,19-21,23H,6-18H2,1H3,(H,28,31)(H,29,32). The molecule has 1 heterocycles. The maximum Gasteiger partial charge on any atom is 0.239 e. The van der Waals surface area contributed by atoms with Crippen LogP contribution in [0.5, 0.6) is 5.75 Å². The highest BCUT2D eigenvalue weighted by molar-refractivity contribution is 5.85. The molecule has 6 rings (SSSR count). The number of methoxy groups -OCH3 is 1. The first kappa shape index (κ1) is 22.7. The lowest BCUT2D eigenvalue weighted by atomic mass is 9.49. The van der Waals surface area contributed by atoms with Crippen LogP contribution in [-0.2, 0) is 16.1 Å². The summed E-state index contributed by atoms with van der Waals surface area (Å²) < 4.78 is 5.47. The van der Waals surface area contributed by atoms with Crippen molar-refractivity contribution in [1.29, 1.82) is 0 Å². The molecule has 0 spiro atoms. The van der Waals surface area contributed by atoms with E-state index in [0.29, 0.717) is 6.42 Å². The highest BCUT2D eigenvalue weighted by Crippen LogP contribution is 2.61. The Hall–Kier alpha value is -2.08. The predicted octanol–water partition coefficient (Wildman–Crippen LogP) is 3.50. The van der Waals surface area contributed by atoms with E-state index in [9.17, 15) is 9.59 Å². The summed E-state index contributed by atoms with van der Waals surface area (Å²) in [5, 5.41) is 6.06. The maximum absolute atomic E-state index is 12.7. The lowest BCUT2D eigenvalue weighted by Crippen LogP contribution is -2.49. The van der Waals surface area contributed by atoms with E-state index >= 15 is 0 Å². The van der Waals surface area contributed by atoms with Crippen LogP contribution < -0.4 is 15.4 Å². The molecule has 5 fully saturated rings. The minimum absolute atomic E-state index is 0.0583. The number of rotatable bonds is 8. The number of nitrogens with zero attached hydrogens (tertiary/aromatic N) is 1. The van der Waals surface area contributed by atoms with Crippen molar-refractivity contribution in [3.05, 3.63) is 29.8 Å². The van der Waals surface area contributed by atoms with Crippen LogP contribution in [0.3, 0.4) is 0 Å². The highest BCUT2D eigenvalue weighted by Gasteiger charge is 2.51. The third kappa shape index (κ3) is 5.37. The van der Waals surface area contributed by atoms with Crippen LogP contribution in [0.2, 0.25) is 0 Å². The monoisotopic (exact) mass is 453 g/mol. The van der Waals surface area contributed by atoms with Crippen LogP contribution in [0.4, 0.5) is 0 Å². The van der Waals surface area contributed by atoms with Crippen molar-refractivity contribution >= 4 is 11.8 Å². The summed E-state index contributed by atoms with van der Waals surface area (Å²) in [5.41, 5.74) is 1.42. The number of benzene rings is 1. The molecule has 33 heavy (non-hydrogen) atoms. The Morgan fingerprint density at radius 1 is 1.00 bits per heavy atom. The van der Waals surface area contributed by atoms with Gasteiger partial charge in [0.1, 0.15) is 5.75 Å². The molecule has 1 aromatic rings. The molecule has 2 N–H and O–H groups in total. The molecular formula is C27H39N3O3. The van der Waals surface area contributed by atoms with Crippen LogP contribution in [0.1, 0.15) is 63.4 Å². The molecule has 6 heteroatoms. The number of ether oxygens (including phenoxy) is 1. The van der Waals surface area contributed by atoms with E-state index in [0.717, 1.165) is 56.0 Å². The molecule has 1 aliphatic heterocycles. The molecule has 6 nitrogen and oxygen atoms in total. The van der Waals surface area contributed by atoms with Crippen LogP contribution >= 0.6 is 0 Å². The minimum Gasteiger partial charge on any atom is -0.496 e. The van der Waals surface area contributed by atoms with Gasteiger partial charge in [0.25, 0.3) is 0 Å². The number of hydrogen-bond donors (Lipinski definition) is 2. The Bertz CT molecular complexity index is 827. The Morgan fingerprint density at radius 3 is 2.27 bits per heavy atom. The van der Waals surface area contributed by atoms with Gasteiger partial charge in [-0.25, -0.2) is 0 Å². The molecule has 180 valence electrons. The molecule has 0 radical (unpaired) electrons. The zero-order valence-electron chi connectivity index (χ0n) is 20.0. The molecule has 4 saturated carbocycles. The van der Waals surface area contributed by atoms with E-state index in [1.807, 2.05) is 18.2 Å². The van der Waals surface area contributed by atoms with Crippen molar-refractivity contribution in [3.63, 3.8) is 0 Å². The van der Waals surface area contributed by atoms with Crippen molar-refractivity contribution in [3.8, 4) is 5.75 Å². The lowest BCUT2D eigenvalue weighted by molar-refractivity contribution is -0.132. The number of amides is 2. The molecule has 4 bridgehead atoms. The topological polar surface area (TPSA) is 70.7 Å². The minimum atomic E-state index is -0.0583. The van der Waals surface area contributed by atoms with Gasteiger partial charge in [-0.3, -0.25) is 14.5 Å². The molecule has 2 amide bonds. The number of para-hydroxylation sites is 1. The molecule has 4 aliphatic carbocycles. The number of hydrogen-bond acceptors (Lipinski definition) is 4. The van der Waals surface area contributed by atoms with Gasteiger partial charge in [0.05, 0.1) is 13.7 Å². The van der Waals surface area contributed by atoms with Crippen LogP contribution in [0.25, 0.3) is 0 Å². The average molecular weight is 454 g/mol. The quantitative estimate of drug-likeness (QED) is 0.632. The van der Waals surface area contributed by atoms with Gasteiger partial charge in [-0.15, -0.1) is 0 Å². The Balaban J connectivity index is 1.02. The molecule has 0 atom stereocenters. The number of carbonyl (C=O) groups is 2. The summed E-state index contributed by atoms with van der Waals surface area (Å²) in [5.74, 6) is 3.48. The number of nitrogens with one attached hydrogen (secondary N) is 2. The van der Waals surface area contributed by atoms with E-state index in [1.54, 1.807) is 7.11 Å². The largest absolute Gasteiger partial charge is 0.496 e. The van der Waals surface area contributed by atoms with Crippen molar-refractivity contribution in [2.45, 2.75) is 70.4 Å². The van der Waals surface area contributed by atoms with Gasteiger partial charge < -0.3 is 15.4 Å².